The monoisotopic (exact) mass is 437 g/mol. The Hall–Kier alpha value is -3.77. The Morgan fingerprint density at radius 2 is 2.03 bits per heavy atom. The third-order valence-corrected chi connectivity index (χ3v) is 5.16. The minimum absolute atomic E-state index is 0.126. The van der Waals surface area contributed by atoms with E-state index in [4.69, 9.17) is 14.7 Å². The number of methoxy groups -OCH3 is 1. The van der Waals surface area contributed by atoms with Crippen molar-refractivity contribution < 1.29 is 23.9 Å². The van der Waals surface area contributed by atoms with Crippen molar-refractivity contribution in [3.63, 3.8) is 0 Å². The van der Waals surface area contributed by atoms with Crippen molar-refractivity contribution in [2.45, 2.75) is 6.92 Å². The Morgan fingerprint density at radius 3 is 2.74 bits per heavy atom. The summed E-state index contributed by atoms with van der Waals surface area (Å²) < 4.78 is 10.5. The zero-order chi connectivity index (χ0) is 22.4. The number of nitriles is 1. The molecule has 0 saturated carbocycles. The number of anilines is 1. The van der Waals surface area contributed by atoms with Gasteiger partial charge in [0.05, 0.1) is 12.0 Å². The molecule has 0 unspecified atom stereocenters. The fourth-order valence-corrected chi connectivity index (χ4v) is 3.70. The van der Waals surface area contributed by atoms with Crippen LogP contribution < -0.4 is 14.8 Å². The van der Waals surface area contributed by atoms with E-state index in [1.165, 1.54) is 7.11 Å². The molecule has 0 radical (unpaired) electrons. The second-order valence-corrected chi connectivity index (χ2v) is 7.54. The number of amides is 3. The van der Waals surface area contributed by atoms with E-state index >= 15 is 0 Å². The number of thioether (sulfide) groups is 1. The molecule has 1 aliphatic heterocycles. The van der Waals surface area contributed by atoms with Crippen LogP contribution in [-0.2, 0) is 9.59 Å². The van der Waals surface area contributed by atoms with Crippen molar-refractivity contribution in [2.75, 3.05) is 25.6 Å². The van der Waals surface area contributed by atoms with E-state index in [1.54, 1.807) is 42.5 Å². The van der Waals surface area contributed by atoms with Crippen LogP contribution in [0.4, 0.5) is 10.5 Å². The maximum atomic E-state index is 12.7. The normalized spacial score (nSPS) is 14.5. The maximum absolute atomic E-state index is 12.7. The van der Waals surface area contributed by atoms with Gasteiger partial charge in [-0.3, -0.25) is 19.3 Å². The molecule has 1 N–H and O–H groups in total. The standard InChI is InChI=1S/C22H19N3O5S/c1-14-4-3-5-16(10-14)24-20(26)13-25-21(27)19(31-22(25)28)12-15-6-7-17(30-9-8-23)18(11-15)29-2/h3-7,10-12H,9,13H2,1-2H3,(H,24,26)/b19-12-. The Morgan fingerprint density at radius 1 is 1.23 bits per heavy atom. The summed E-state index contributed by atoms with van der Waals surface area (Å²) in [4.78, 5) is 38.4. The lowest BCUT2D eigenvalue weighted by Crippen LogP contribution is -2.36. The Kier molecular flexibility index (Phi) is 6.95. The van der Waals surface area contributed by atoms with Crippen molar-refractivity contribution in [2.24, 2.45) is 0 Å². The Bertz CT molecular complexity index is 1110. The van der Waals surface area contributed by atoms with Crippen molar-refractivity contribution >= 4 is 40.6 Å². The molecule has 3 rings (SSSR count). The molecule has 8 nitrogen and oxygen atoms in total. The molecule has 1 fully saturated rings. The second kappa shape index (κ2) is 9.82. The number of nitrogens with one attached hydrogen (secondary N) is 1. The number of nitrogens with zero attached hydrogens (tertiary/aromatic N) is 2. The van der Waals surface area contributed by atoms with Gasteiger partial charge in [-0.25, -0.2) is 0 Å². The van der Waals surface area contributed by atoms with Crippen molar-refractivity contribution in [3.05, 3.63) is 58.5 Å². The Balaban J connectivity index is 1.71. The van der Waals surface area contributed by atoms with Gasteiger partial charge in [0.1, 0.15) is 12.6 Å². The van der Waals surface area contributed by atoms with Gasteiger partial charge in [-0.15, -0.1) is 0 Å². The predicted octanol–water partition coefficient (Wildman–Crippen LogP) is 3.58. The Labute approximate surface area is 183 Å². The number of carbonyl (C=O) groups is 3. The van der Waals surface area contributed by atoms with Gasteiger partial charge in [0.2, 0.25) is 5.91 Å². The molecule has 0 aromatic heterocycles. The van der Waals surface area contributed by atoms with E-state index in [1.807, 2.05) is 19.1 Å². The third-order valence-electron chi connectivity index (χ3n) is 4.25. The van der Waals surface area contributed by atoms with E-state index in [0.717, 1.165) is 22.2 Å². The van der Waals surface area contributed by atoms with E-state index in [2.05, 4.69) is 5.32 Å². The van der Waals surface area contributed by atoms with Gasteiger partial charge in [0, 0.05) is 5.69 Å². The fraction of sp³-hybridized carbons (Fsp3) is 0.182. The molecule has 1 heterocycles. The minimum Gasteiger partial charge on any atom is -0.493 e. The van der Waals surface area contributed by atoms with Gasteiger partial charge < -0.3 is 14.8 Å². The van der Waals surface area contributed by atoms with Crippen LogP contribution in [0, 0.1) is 18.3 Å². The van der Waals surface area contributed by atoms with Crippen LogP contribution in [0.15, 0.2) is 47.4 Å². The predicted molar refractivity (Wildman–Crippen MR) is 117 cm³/mol. The molecule has 2 aromatic carbocycles. The number of benzene rings is 2. The topological polar surface area (TPSA) is 109 Å². The van der Waals surface area contributed by atoms with Gasteiger partial charge in [0.25, 0.3) is 11.1 Å². The van der Waals surface area contributed by atoms with Gasteiger partial charge in [0.15, 0.2) is 18.1 Å². The summed E-state index contributed by atoms with van der Waals surface area (Å²) in [6.45, 7) is 1.40. The SMILES string of the molecule is COc1cc(/C=C2\SC(=O)N(CC(=O)Nc3cccc(C)c3)C2=O)ccc1OCC#N. The fourth-order valence-electron chi connectivity index (χ4n) is 2.86. The van der Waals surface area contributed by atoms with E-state index in [-0.39, 0.29) is 18.1 Å². The first-order valence-electron chi connectivity index (χ1n) is 9.21. The smallest absolute Gasteiger partial charge is 0.294 e. The highest BCUT2D eigenvalue weighted by Crippen LogP contribution is 2.34. The molecule has 158 valence electrons. The lowest BCUT2D eigenvalue weighted by molar-refractivity contribution is -0.127. The van der Waals surface area contributed by atoms with Crippen LogP contribution in [0.3, 0.4) is 0 Å². The van der Waals surface area contributed by atoms with Crippen LogP contribution in [0.25, 0.3) is 6.08 Å². The molecule has 0 spiro atoms. The number of carbonyl (C=O) groups excluding carboxylic acids is 3. The van der Waals surface area contributed by atoms with Gasteiger partial charge in [-0.1, -0.05) is 18.2 Å². The number of hydrogen-bond donors (Lipinski definition) is 1. The highest BCUT2D eigenvalue weighted by molar-refractivity contribution is 8.18. The summed E-state index contributed by atoms with van der Waals surface area (Å²) in [6.07, 6.45) is 1.54. The van der Waals surface area contributed by atoms with Gasteiger partial charge in [-0.05, 0) is 60.2 Å². The number of imide groups is 1. The number of hydrogen-bond acceptors (Lipinski definition) is 7. The molecule has 1 aliphatic rings. The summed E-state index contributed by atoms with van der Waals surface area (Å²) in [6, 6.07) is 14.0. The number of aryl methyl sites for hydroxylation is 1. The van der Waals surface area contributed by atoms with E-state index in [9.17, 15) is 14.4 Å². The molecule has 2 aromatic rings. The van der Waals surface area contributed by atoms with Gasteiger partial charge in [-0.2, -0.15) is 5.26 Å². The zero-order valence-corrected chi connectivity index (χ0v) is 17.7. The third kappa shape index (κ3) is 5.43. The first-order chi connectivity index (χ1) is 14.9. The summed E-state index contributed by atoms with van der Waals surface area (Å²) >= 11 is 0.762. The highest BCUT2D eigenvalue weighted by atomic mass is 32.2. The lowest BCUT2D eigenvalue weighted by Gasteiger charge is -2.12. The quantitative estimate of drug-likeness (QED) is 0.660. The zero-order valence-electron chi connectivity index (χ0n) is 16.9. The highest BCUT2D eigenvalue weighted by Gasteiger charge is 2.36. The lowest BCUT2D eigenvalue weighted by atomic mass is 10.2. The van der Waals surface area contributed by atoms with Crippen LogP contribution >= 0.6 is 11.8 Å². The van der Waals surface area contributed by atoms with E-state index < -0.39 is 17.1 Å². The minimum atomic E-state index is -0.543. The molecule has 0 atom stereocenters. The summed E-state index contributed by atoms with van der Waals surface area (Å²) in [5.41, 5.74) is 2.18. The molecule has 1 saturated heterocycles. The van der Waals surface area contributed by atoms with Crippen molar-refractivity contribution in [3.8, 4) is 17.6 Å². The summed E-state index contributed by atoms with van der Waals surface area (Å²) in [5.74, 6) is -0.226. The number of ether oxygens (including phenoxy) is 2. The first kappa shape index (κ1) is 21.9. The van der Waals surface area contributed by atoms with Crippen molar-refractivity contribution in [1.29, 1.82) is 5.26 Å². The van der Waals surface area contributed by atoms with Crippen LogP contribution in [0.2, 0.25) is 0 Å². The molecular formula is C22H19N3O5S. The summed E-state index contributed by atoms with van der Waals surface area (Å²) in [7, 11) is 1.46. The van der Waals surface area contributed by atoms with Crippen LogP contribution in [0.1, 0.15) is 11.1 Å². The maximum Gasteiger partial charge on any atom is 0.294 e. The molecule has 3 amide bonds. The number of rotatable bonds is 7. The van der Waals surface area contributed by atoms with Crippen LogP contribution in [0.5, 0.6) is 11.5 Å². The van der Waals surface area contributed by atoms with E-state index in [0.29, 0.717) is 22.7 Å². The molecule has 9 heteroatoms. The molecular weight excluding hydrogens is 418 g/mol. The molecule has 31 heavy (non-hydrogen) atoms. The van der Waals surface area contributed by atoms with Crippen molar-refractivity contribution in [1.82, 2.24) is 4.90 Å². The molecule has 0 bridgehead atoms. The summed E-state index contributed by atoms with van der Waals surface area (Å²) in [5, 5.41) is 10.8. The van der Waals surface area contributed by atoms with Crippen LogP contribution in [-0.4, -0.2) is 42.2 Å². The first-order valence-corrected chi connectivity index (χ1v) is 10.0. The average molecular weight is 437 g/mol. The molecule has 0 aliphatic carbocycles. The average Bonchev–Trinajstić information content (AvgIpc) is 3.00. The largest absolute Gasteiger partial charge is 0.493 e. The van der Waals surface area contributed by atoms with Gasteiger partial charge >= 0.3 is 0 Å². The second-order valence-electron chi connectivity index (χ2n) is 6.54.